The molecule has 0 aliphatic heterocycles. The Balaban J connectivity index is 3.17. The lowest BCUT2D eigenvalue weighted by Gasteiger charge is -2.22. The Kier molecular flexibility index (Phi) is 3.56. The first-order valence-corrected chi connectivity index (χ1v) is 4.82. The summed E-state index contributed by atoms with van der Waals surface area (Å²) >= 11 is 0. The number of rotatable bonds is 3. The second kappa shape index (κ2) is 4.69. The van der Waals surface area contributed by atoms with E-state index in [1.807, 2.05) is 31.2 Å². The maximum absolute atomic E-state index is 8.99. The van der Waals surface area contributed by atoms with E-state index in [0.29, 0.717) is 6.42 Å². The van der Waals surface area contributed by atoms with E-state index in [-0.39, 0.29) is 6.61 Å². The smallest absolute Gasteiger partial charge is 0.118 e. The molecular formula is C14H14O. The monoisotopic (exact) mass is 198 g/mol. The lowest BCUT2D eigenvalue weighted by atomic mass is 9.79. The second-order valence-electron chi connectivity index (χ2n) is 3.53. The SMILES string of the molecule is C#CC(C#C)(CCO)c1ccc(C)cc1. The molecule has 0 radical (unpaired) electrons. The molecule has 0 atom stereocenters. The highest BCUT2D eigenvalue weighted by molar-refractivity contribution is 5.44. The van der Waals surface area contributed by atoms with Gasteiger partial charge in [0, 0.05) is 13.0 Å². The van der Waals surface area contributed by atoms with Gasteiger partial charge >= 0.3 is 0 Å². The van der Waals surface area contributed by atoms with Crippen LogP contribution in [0.2, 0.25) is 0 Å². The number of benzene rings is 1. The molecule has 0 amide bonds. The van der Waals surface area contributed by atoms with Crippen LogP contribution in [-0.2, 0) is 5.41 Å². The van der Waals surface area contributed by atoms with Crippen LogP contribution in [0.4, 0.5) is 0 Å². The Labute approximate surface area is 91.1 Å². The van der Waals surface area contributed by atoms with Gasteiger partial charge in [0.05, 0.1) is 0 Å². The van der Waals surface area contributed by atoms with Crippen LogP contribution in [0, 0.1) is 31.6 Å². The van der Waals surface area contributed by atoms with Crippen LogP contribution in [0.3, 0.4) is 0 Å². The zero-order valence-corrected chi connectivity index (χ0v) is 8.83. The average molecular weight is 198 g/mol. The molecule has 1 aromatic rings. The van der Waals surface area contributed by atoms with Crippen LogP contribution >= 0.6 is 0 Å². The van der Waals surface area contributed by atoms with E-state index < -0.39 is 5.41 Å². The van der Waals surface area contributed by atoms with Gasteiger partial charge in [0.25, 0.3) is 0 Å². The van der Waals surface area contributed by atoms with Gasteiger partial charge in [-0.1, -0.05) is 41.7 Å². The highest BCUT2D eigenvalue weighted by atomic mass is 16.3. The third-order valence-corrected chi connectivity index (χ3v) is 2.52. The molecule has 15 heavy (non-hydrogen) atoms. The highest BCUT2D eigenvalue weighted by Gasteiger charge is 2.26. The highest BCUT2D eigenvalue weighted by Crippen LogP contribution is 2.26. The summed E-state index contributed by atoms with van der Waals surface area (Å²) in [5.41, 5.74) is 1.28. The Morgan fingerprint density at radius 3 is 2.13 bits per heavy atom. The van der Waals surface area contributed by atoms with Gasteiger partial charge in [0.2, 0.25) is 0 Å². The molecular weight excluding hydrogens is 184 g/mol. The molecule has 1 heteroatoms. The van der Waals surface area contributed by atoms with Crippen molar-refractivity contribution < 1.29 is 5.11 Å². The van der Waals surface area contributed by atoms with E-state index in [4.69, 9.17) is 18.0 Å². The number of terminal acetylenes is 2. The van der Waals surface area contributed by atoms with Gasteiger partial charge in [-0.3, -0.25) is 0 Å². The van der Waals surface area contributed by atoms with E-state index in [1.165, 1.54) is 0 Å². The van der Waals surface area contributed by atoms with Crippen molar-refractivity contribution in [3.63, 3.8) is 0 Å². The zero-order chi connectivity index (χ0) is 11.3. The lowest BCUT2D eigenvalue weighted by molar-refractivity contribution is 0.273. The van der Waals surface area contributed by atoms with Crippen molar-refractivity contribution in [2.45, 2.75) is 18.8 Å². The van der Waals surface area contributed by atoms with Gasteiger partial charge in [0.15, 0.2) is 0 Å². The van der Waals surface area contributed by atoms with E-state index in [2.05, 4.69) is 11.8 Å². The topological polar surface area (TPSA) is 20.2 Å². The molecule has 1 N–H and O–H groups in total. The molecule has 0 unspecified atom stereocenters. The summed E-state index contributed by atoms with van der Waals surface area (Å²) in [7, 11) is 0. The quantitative estimate of drug-likeness (QED) is 0.735. The number of aryl methyl sites for hydroxylation is 1. The number of aliphatic hydroxyl groups excluding tert-OH is 1. The molecule has 76 valence electrons. The van der Waals surface area contributed by atoms with Crippen molar-refractivity contribution in [1.82, 2.24) is 0 Å². The zero-order valence-electron chi connectivity index (χ0n) is 8.83. The molecule has 0 saturated heterocycles. The Morgan fingerprint density at radius 2 is 1.73 bits per heavy atom. The summed E-state index contributed by atoms with van der Waals surface area (Å²) in [6, 6.07) is 7.78. The Bertz CT molecular complexity index is 386. The normalized spacial score (nSPS) is 10.4. The standard InChI is InChI=1S/C14H14O/c1-4-14(5-2,10-11-15)13-8-6-12(3)7-9-13/h1-2,6-9,15H,10-11H2,3H3. The Hall–Kier alpha value is -1.70. The lowest BCUT2D eigenvalue weighted by Crippen LogP contribution is -2.23. The van der Waals surface area contributed by atoms with Crippen LogP contribution in [0.15, 0.2) is 24.3 Å². The Morgan fingerprint density at radius 1 is 1.20 bits per heavy atom. The molecule has 0 fully saturated rings. The van der Waals surface area contributed by atoms with Crippen LogP contribution in [0.5, 0.6) is 0 Å². The molecule has 0 aromatic heterocycles. The first kappa shape index (κ1) is 11.4. The van der Waals surface area contributed by atoms with Crippen LogP contribution in [-0.4, -0.2) is 11.7 Å². The van der Waals surface area contributed by atoms with Crippen molar-refractivity contribution in [3.05, 3.63) is 35.4 Å². The minimum Gasteiger partial charge on any atom is -0.396 e. The predicted molar refractivity (Wildman–Crippen MR) is 62.2 cm³/mol. The molecule has 1 nitrogen and oxygen atoms in total. The fourth-order valence-electron chi connectivity index (χ4n) is 1.50. The maximum Gasteiger partial charge on any atom is 0.118 e. The van der Waals surface area contributed by atoms with Gasteiger partial charge in [-0.05, 0) is 12.5 Å². The molecule has 0 aliphatic rings. The molecule has 1 aromatic carbocycles. The summed E-state index contributed by atoms with van der Waals surface area (Å²) in [5, 5.41) is 8.99. The first-order chi connectivity index (χ1) is 7.18. The van der Waals surface area contributed by atoms with Crippen LogP contribution in [0.1, 0.15) is 17.5 Å². The average Bonchev–Trinajstić information content (AvgIpc) is 2.27. The van der Waals surface area contributed by atoms with Gasteiger partial charge in [-0.15, -0.1) is 12.8 Å². The van der Waals surface area contributed by atoms with E-state index in [9.17, 15) is 0 Å². The number of hydrogen-bond acceptors (Lipinski definition) is 1. The molecule has 0 bridgehead atoms. The van der Waals surface area contributed by atoms with Gasteiger partial charge < -0.3 is 5.11 Å². The fourth-order valence-corrected chi connectivity index (χ4v) is 1.50. The summed E-state index contributed by atoms with van der Waals surface area (Å²) < 4.78 is 0. The largest absolute Gasteiger partial charge is 0.396 e. The van der Waals surface area contributed by atoms with Crippen molar-refractivity contribution in [2.24, 2.45) is 0 Å². The van der Waals surface area contributed by atoms with E-state index >= 15 is 0 Å². The van der Waals surface area contributed by atoms with Crippen molar-refractivity contribution in [3.8, 4) is 24.7 Å². The fraction of sp³-hybridized carbons (Fsp3) is 0.286. The van der Waals surface area contributed by atoms with Gasteiger partial charge in [-0.2, -0.15) is 0 Å². The van der Waals surface area contributed by atoms with Crippen LogP contribution < -0.4 is 0 Å². The molecule has 0 saturated carbocycles. The molecule has 0 aliphatic carbocycles. The minimum atomic E-state index is -0.775. The molecule has 1 rings (SSSR count). The number of hydrogen-bond donors (Lipinski definition) is 1. The second-order valence-corrected chi connectivity index (χ2v) is 3.53. The third kappa shape index (κ3) is 2.21. The minimum absolute atomic E-state index is 0.0116. The first-order valence-electron chi connectivity index (χ1n) is 4.82. The van der Waals surface area contributed by atoms with Crippen molar-refractivity contribution in [1.29, 1.82) is 0 Å². The summed E-state index contributed by atoms with van der Waals surface area (Å²) in [5.74, 6) is 5.21. The predicted octanol–water partition coefficient (Wildman–Crippen LogP) is 1.88. The van der Waals surface area contributed by atoms with Crippen LogP contribution in [0.25, 0.3) is 0 Å². The van der Waals surface area contributed by atoms with Gasteiger partial charge in [0.1, 0.15) is 5.41 Å². The maximum atomic E-state index is 8.99. The van der Waals surface area contributed by atoms with Crippen molar-refractivity contribution in [2.75, 3.05) is 6.61 Å². The van der Waals surface area contributed by atoms with E-state index in [0.717, 1.165) is 11.1 Å². The molecule has 0 heterocycles. The van der Waals surface area contributed by atoms with E-state index in [1.54, 1.807) is 0 Å². The summed E-state index contributed by atoms with van der Waals surface area (Å²) in [6.07, 6.45) is 11.3. The molecule has 0 spiro atoms. The van der Waals surface area contributed by atoms with Gasteiger partial charge in [-0.25, -0.2) is 0 Å². The van der Waals surface area contributed by atoms with Crippen molar-refractivity contribution >= 4 is 0 Å². The number of aliphatic hydroxyl groups is 1. The third-order valence-electron chi connectivity index (χ3n) is 2.52. The summed E-state index contributed by atoms with van der Waals surface area (Å²) in [6.45, 7) is 1.99. The summed E-state index contributed by atoms with van der Waals surface area (Å²) in [4.78, 5) is 0.